The summed E-state index contributed by atoms with van der Waals surface area (Å²) in [7, 11) is 0. The van der Waals surface area contributed by atoms with Crippen LogP contribution in [0.5, 0.6) is 0 Å². The molecule has 1 aliphatic rings. The molecule has 31 heavy (non-hydrogen) atoms. The Morgan fingerprint density at radius 3 is 2.81 bits per heavy atom. The normalized spacial score (nSPS) is 15.3. The molecule has 0 saturated carbocycles. The van der Waals surface area contributed by atoms with E-state index in [4.69, 9.17) is 4.52 Å². The summed E-state index contributed by atoms with van der Waals surface area (Å²) in [6.45, 7) is 5.23. The fraction of sp³-hybridized carbons (Fsp3) is 0.435. The van der Waals surface area contributed by atoms with Gasteiger partial charge < -0.3 is 9.84 Å². The van der Waals surface area contributed by atoms with Gasteiger partial charge in [-0.2, -0.15) is 4.98 Å². The highest BCUT2D eigenvalue weighted by Crippen LogP contribution is 2.23. The second-order valence-electron chi connectivity index (χ2n) is 7.85. The van der Waals surface area contributed by atoms with E-state index in [9.17, 15) is 4.79 Å². The summed E-state index contributed by atoms with van der Waals surface area (Å²) in [6, 6.07) is 12.6. The summed E-state index contributed by atoms with van der Waals surface area (Å²) >= 11 is 3.44. The SMILES string of the molecule is Cc1ccc(SCCCNC(=O)C2CCN(Cc3nc(-c4cccs4)no3)CC2)cc1. The van der Waals surface area contributed by atoms with Crippen LogP contribution < -0.4 is 5.32 Å². The van der Waals surface area contributed by atoms with Gasteiger partial charge in [-0.1, -0.05) is 28.9 Å². The number of hydrogen-bond donors (Lipinski definition) is 1. The molecule has 3 aromatic rings. The van der Waals surface area contributed by atoms with E-state index in [1.165, 1.54) is 10.5 Å². The Morgan fingerprint density at radius 1 is 1.26 bits per heavy atom. The zero-order valence-corrected chi connectivity index (χ0v) is 19.4. The Hall–Kier alpha value is -2.16. The van der Waals surface area contributed by atoms with Gasteiger partial charge in [-0.15, -0.1) is 23.1 Å². The Labute approximate surface area is 191 Å². The number of carbonyl (C=O) groups excluding carboxylic acids is 1. The predicted octanol–water partition coefficient (Wildman–Crippen LogP) is 4.62. The molecule has 1 amide bonds. The van der Waals surface area contributed by atoms with Crippen molar-refractivity contribution in [3.8, 4) is 10.7 Å². The molecule has 0 aliphatic carbocycles. The van der Waals surface area contributed by atoms with Crippen LogP contribution in [-0.4, -0.2) is 46.3 Å². The molecule has 0 unspecified atom stereocenters. The summed E-state index contributed by atoms with van der Waals surface area (Å²) in [5.41, 5.74) is 1.28. The summed E-state index contributed by atoms with van der Waals surface area (Å²) in [4.78, 5) is 21.6. The van der Waals surface area contributed by atoms with Crippen molar-refractivity contribution in [2.75, 3.05) is 25.4 Å². The molecule has 1 saturated heterocycles. The maximum absolute atomic E-state index is 12.5. The lowest BCUT2D eigenvalue weighted by Crippen LogP contribution is -2.40. The van der Waals surface area contributed by atoms with Crippen molar-refractivity contribution in [3.63, 3.8) is 0 Å². The molecule has 1 aromatic carbocycles. The van der Waals surface area contributed by atoms with E-state index in [1.54, 1.807) is 11.3 Å². The Morgan fingerprint density at radius 2 is 2.06 bits per heavy atom. The smallest absolute Gasteiger partial charge is 0.241 e. The van der Waals surface area contributed by atoms with Crippen LogP contribution in [0, 0.1) is 12.8 Å². The van der Waals surface area contributed by atoms with Crippen LogP contribution in [0.15, 0.2) is 51.2 Å². The monoisotopic (exact) mass is 456 g/mol. The number of likely N-dealkylation sites (tertiary alicyclic amines) is 1. The van der Waals surface area contributed by atoms with Gasteiger partial charge in [-0.25, -0.2) is 0 Å². The standard InChI is InChI=1S/C23H28N4O2S2/c1-17-5-7-19(8-6-17)30-15-3-11-24-23(28)18-9-12-27(13-10-18)16-21-25-22(26-29-21)20-4-2-14-31-20/h2,4-8,14,18H,3,9-13,15-16H2,1H3,(H,24,28). The third kappa shape index (κ3) is 6.41. The molecule has 0 spiro atoms. The first kappa shape index (κ1) is 22.0. The van der Waals surface area contributed by atoms with Crippen molar-refractivity contribution >= 4 is 29.0 Å². The van der Waals surface area contributed by atoms with E-state index in [0.29, 0.717) is 18.3 Å². The first-order valence-corrected chi connectivity index (χ1v) is 12.6. The lowest BCUT2D eigenvalue weighted by atomic mass is 9.96. The van der Waals surface area contributed by atoms with Crippen molar-refractivity contribution in [2.24, 2.45) is 5.92 Å². The molecule has 164 valence electrons. The van der Waals surface area contributed by atoms with Crippen LogP contribution in [0.3, 0.4) is 0 Å². The van der Waals surface area contributed by atoms with Gasteiger partial charge in [0, 0.05) is 17.4 Å². The van der Waals surface area contributed by atoms with Crippen LogP contribution in [0.4, 0.5) is 0 Å². The summed E-state index contributed by atoms with van der Waals surface area (Å²) in [6.07, 6.45) is 2.72. The number of amides is 1. The van der Waals surface area contributed by atoms with Crippen LogP contribution in [0.1, 0.15) is 30.7 Å². The van der Waals surface area contributed by atoms with Gasteiger partial charge in [0.15, 0.2) is 0 Å². The van der Waals surface area contributed by atoms with Crippen molar-refractivity contribution in [3.05, 3.63) is 53.2 Å². The molecule has 0 bridgehead atoms. The minimum absolute atomic E-state index is 0.102. The highest BCUT2D eigenvalue weighted by Gasteiger charge is 2.25. The van der Waals surface area contributed by atoms with Crippen molar-refractivity contribution in [1.29, 1.82) is 0 Å². The van der Waals surface area contributed by atoms with Gasteiger partial charge >= 0.3 is 0 Å². The van der Waals surface area contributed by atoms with E-state index >= 15 is 0 Å². The molecule has 6 nitrogen and oxygen atoms in total. The van der Waals surface area contributed by atoms with Crippen LogP contribution >= 0.6 is 23.1 Å². The number of piperidine rings is 1. The summed E-state index contributed by atoms with van der Waals surface area (Å²) in [5, 5.41) is 9.20. The molecule has 0 radical (unpaired) electrons. The largest absolute Gasteiger partial charge is 0.356 e. The summed E-state index contributed by atoms with van der Waals surface area (Å²) in [5.74, 6) is 2.60. The number of rotatable bonds is 9. The van der Waals surface area contributed by atoms with Gasteiger partial charge in [0.1, 0.15) is 0 Å². The lowest BCUT2D eigenvalue weighted by Gasteiger charge is -2.30. The number of nitrogens with zero attached hydrogens (tertiary/aromatic N) is 3. The Bertz CT molecular complexity index is 948. The molecule has 1 aliphatic heterocycles. The number of thioether (sulfide) groups is 1. The van der Waals surface area contributed by atoms with Gasteiger partial charge in [-0.3, -0.25) is 9.69 Å². The molecular formula is C23H28N4O2S2. The zero-order chi connectivity index (χ0) is 21.5. The lowest BCUT2D eigenvalue weighted by molar-refractivity contribution is -0.126. The fourth-order valence-corrected chi connectivity index (χ4v) is 5.12. The first-order chi connectivity index (χ1) is 15.2. The molecule has 3 heterocycles. The molecule has 0 atom stereocenters. The van der Waals surface area contributed by atoms with E-state index in [-0.39, 0.29) is 11.8 Å². The maximum Gasteiger partial charge on any atom is 0.241 e. The van der Waals surface area contributed by atoms with Crippen molar-refractivity contribution in [1.82, 2.24) is 20.4 Å². The minimum atomic E-state index is 0.102. The topological polar surface area (TPSA) is 71.3 Å². The second-order valence-corrected chi connectivity index (χ2v) is 9.96. The quantitative estimate of drug-likeness (QED) is 0.374. The van der Waals surface area contributed by atoms with Crippen LogP contribution in [0.25, 0.3) is 10.7 Å². The van der Waals surface area contributed by atoms with Crippen LogP contribution in [0.2, 0.25) is 0 Å². The molecular weight excluding hydrogens is 428 g/mol. The van der Waals surface area contributed by atoms with Crippen molar-refractivity contribution < 1.29 is 9.32 Å². The Balaban J connectivity index is 1.12. The zero-order valence-electron chi connectivity index (χ0n) is 17.8. The van der Waals surface area contributed by atoms with Crippen LogP contribution in [-0.2, 0) is 11.3 Å². The molecule has 2 aromatic heterocycles. The van der Waals surface area contributed by atoms with E-state index < -0.39 is 0 Å². The fourth-order valence-electron chi connectivity index (χ4n) is 3.62. The number of hydrogen-bond acceptors (Lipinski definition) is 7. The number of thiophene rings is 1. The minimum Gasteiger partial charge on any atom is -0.356 e. The third-order valence-electron chi connectivity index (χ3n) is 5.44. The number of aryl methyl sites for hydroxylation is 1. The van der Waals surface area contributed by atoms with Gasteiger partial charge in [0.2, 0.25) is 17.6 Å². The molecule has 4 rings (SSSR count). The first-order valence-electron chi connectivity index (χ1n) is 10.7. The average molecular weight is 457 g/mol. The molecule has 8 heteroatoms. The number of carbonyl (C=O) groups is 1. The Kier molecular flexibility index (Phi) is 7.77. The van der Waals surface area contributed by atoms with E-state index in [1.807, 2.05) is 29.3 Å². The molecule has 1 N–H and O–H groups in total. The van der Waals surface area contributed by atoms with Crippen molar-refractivity contribution in [2.45, 2.75) is 37.6 Å². The average Bonchev–Trinajstić information content (AvgIpc) is 3.47. The van der Waals surface area contributed by atoms with Gasteiger partial charge in [-0.05, 0) is 68.6 Å². The third-order valence-corrected chi connectivity index (χ3v) is 7.40. The summed E-state index contributed by atoms with van der Waals surface area (Å²) < 4.78 is 5.40. The number of aromatic nitrogens is 2. The highest BCUT2D eigenvalue weighted by atomic mass is 32.2. The highest BCUT2D eigenvalue weighted by molar-refractivity contribution is 7.99. The van der Waals surface area contributed by atoms with Gasteiger partial charge in [0.25, 0.3) is 0 Å². The number of benzene rings is 1. The number of nitrogens with one attached hydrogen (secondary N) is 1. The van der Waals surface area contributed by atoms with Gasteiger partial charge in [0.05, 0.1) is 11.4 Å². The molecule has 1 fully saturated rings. The van der Waals surface area contributed by atoms with E-state index in [2.05, 4.69) is 51.5 Å². The predicted molar refractivity (Wildman–Crippen MR) is 125 cm³/mol. The maximum atomic E-state index is 12.5. The van der Waals surface area contributed by atoms with E-state index in [0.717, 1.165) is 49.5 Å². The second kappa shape index (κ2) is 10.9.